The van der Waals surface area contributed by atoms with Crippen molar-refractivity contribution in [1.29, 1.82) is 0 Å². The van der Waals surface area contributed by atoms with Gasteiger partial charge in [-0.1, -0.05) is 24.1 Å². The number of amides is 1. The maximum absolute atomic E-state index is 12.1. The highest BCUT2D eigenvalue weighted by molar-refractivity contribution is 7.97. The molecule has 15 heteroatoms. The molecule has 5 N–H and O–H groups in total. The zero-order valence-corrected chi connectivity index (χ0v) is 23.2. The average Bonchev–Trinajstić information content (AvgIpc) is 2.86. The molecule has 1 aromatic rings. The Morgan fingerprint density at radius 2 is 1.18 bits per heavy atom. The van der Waals surface area contributed by atoms with Gasteiger partial charge in [0.05, 0.1) is 26.2 Å². The minimum absolute atomic E-state index is 0.175. The maximum Gasteiger partial charge on any atom is 0.317 e. The van der Waals surface area contributed by atoms with Gasteiger partial charge >= 0.3 is 23.9 Å². The van der Waals surface area contributed by atoms with Crippen molar-refractivity contribution < 1.29 is 44.4 Å². The monoisotopic (exact) mass is 583 g/mol. The molecule has 1 unspecified atom stereocenters. The molecule has 2 rings (SSSR count). The Labute approximate surface area is 236 Å². The highest BCUT2D eigenvalue weighted by atomic mass is 32.2. The van der Waals surface area contributed by atoms with Crippen LogP contribution in [0.15, 0.2) is 24.3 Å². The van der Waals surface area contributed by atoms with E-state index in [9.17, 15) is 44.4 Å². The van der Waals surface area contributed by atoms with Gasteiger partial charge in [0, 0.05) is 63.7 Å². The van der Waals surface area contributed by atoms with E-state index in [0.717, 1.165) is 5.56 Å². The van der Waals surface area contributed by atoms with Gasteiger partial charge < -0.3 is 20.4 Å². The molecule has 1 amide bonds. The predicted molar refractivity (Wildman–Crippen MR) is 146 cm³/mol. The van der Waals surface area contributed by atoms with E-state index in [1.165, 1.54) is 11.9 Å². The molecular weight excluding hydrogens is 546 g/mol. The number of nitrogens with zero attached hydrogens (tertiary/aromatic N) is 4. The first-order chi connectivity index (χ1) is 19.0. The molecule has 0 aromatic heterocycles. The van der Waals surface area contributed by atoms with Crippen LogP contribution in [0.5, 0.6) is 0 Å². The molecule has 1 aromatic carbocycles. The molecule has 1 fully saturated rings. The summed E-state index contributed by atoms with van der Waals surface area (Å²) < 4.78 is 2.64. The average molecular weight is 584 g/mol. The summed E-state index contributed by atoms with van der Waals surface area (Å²) in [6, 6.07) is 6.37. The van der Waals surface area contributed by atoms with Crippen LogP contribution in [0, 0.1) is 0 Å². The van der Waals surface area contributed by atoms with Gasteiger partial charge in [-0.15, -0.1) is 0 Å². The second-order valence-electron chi connectivity index (χ2n) is 9.52. The molecule has 1 aliphatic heterocycles. The van der Waals surface area contributed by atoms with Crippen molar-refractivity contribution in [2.75, 3.05) is 78.2 Å². The number of carboxylic acid groups (broad SMARTS) is 4. The first kappa shape index (κ1) is 33.0. The number of nitrogens with one attached hydrogen (secondary N) is 1. The zero-order valence-electron chi connectivity index (χ0n) is 22.4. The van der Waals surface area contributed by atoms with Crippen molar-refractivity contribution in [1.82, 2.24) is 24.3 Å². The summed E-state index contributed by atoms with van der Waals surface area (Å²) in [4.78, 5) is 65.1. The van der Waals surface area contributed by atoms with E-state index in [-0.39, 0.29) is 77.9 Å². The molecule has 1 heterocycles. The summed E-state index contributed by atoms with van der Waals surface area (Å²) in [5.74, 6) is -4.52. The molecule has 0 spiro atoms. The standard InChI is InChI=1S/C25H37N5O9S/c1-40-26-25(39)19-4-2-18(3-5-19)12-20-13-29(16-23(35)36)9-8-27(14-21(31)32)6-7-28(15-22(33)34)10-11-30(20)17-24(37)38/h2-5,20H,6-17H2,1H3,(H,26,39)(H,31,32)(H,33,34)(H,35,36)(H,37,38). The van der Waals surface area contributed by atoms with Crippen LogP contribution >= 0.6 is 11.9 Å². The predicted octanol–water partition coefficient (Wildman–Crippen LogP) is -0.834. The van der Waals surface area contributed by atoms with Gasteiger partial charge in [0.25, 0.3) is 5.91 Å². The highest BCUT2D eigenvalue weighted by Crippen LogP contribution is 2.14. The van der Waals surface area contributed by atoms with Crippen LogP contribution in [-0.4, -0.2) is 154 Å². The Hall–Kier alpha value is -3.24. The number of hydrogen-bond acceptors (Lipinski definition) is 10. The molecular formula is C25H37N5O9S. The van der Waals surface area contributed by atoms with Crippen molar-refractivity contribution in [2.45, 2.75) is 12.5 Å². The molecule has 1 aliphatic rings. The van der Waals surface area contributed by atoms with Crippen LogP contribution in [0.4, 0.5) is 0 Å². The lowest BCUT2D eigenvalue weighted by Crippen LogP contribution is -2.53. The quantitative estimate of drug-likeness (QED) is 0.191. The fraction of sp³-hybridized carbons (Fsp3) is 0.560. The Morgan fingerprint density at radius 1 is 0.725 bits per heavy atom. The lowest BCUT2D eigenvalue weighted by molar-refractivity contribution is -0.142. The van der Waals surface area contributed by atoms with E-state index < -0.39 is 29.9 Å². The Kier molecular flexibility index (Phi) is 13.8. The topological polar surface area (TPSA) is 191 Å². The number of aliphatic carboxylic acids is 4. The van der Waals surface area contributed by atoms with E-state index in [4.69, 9.17) is 0 Å². The third-order valence-corrected chi connectivity index (χ3v) is 6.84. The Morgan fingerprint density at radius 3 is 1.65 bits per heavy atom. The molecule has 0 bridgehead atoms. The smallest absolute Gasteiger partial charge is 0.317 e. The van der Waals surface area contributed by atoms with Crippen LogP contribution in [0.3, 0.4) is 0 Å². The van der Waals surface area contributed by atoms with Gasteiger partial charge in [-0.25, -0.2) is 0 Å². The fourth-order valence-corrected chi connectivity index (χ4v) is 4.87. The van der Waals surface area contributed by atoms with Gasteiger partial charge in [0.1, 0.15) is 0 Å². The molecule has 1 atom stereocenters. The van der Waals surface area contributed by atoms with Crippen molar-refractivity contribution in [3.8, 4) is 0 Å². The third kappa shape index (κ3) is 12.3. The van der Waals surface area contributed by atoms with Crippen molar-refractivity contribution in [3.05, 3.63) is 35.4 Å². The number of benzene rings is 1. The van der Waals surface area contributed by atoms with Gasteiger partial charge in [0.2, 0.25) is 0 Å². The summed E-state index contributed by atoms with van der Waals surface area (Å²) in [5, 5.41) is 37.9. The molecule has 0 radical (unpaired) electrons. The number of hydrogen-bond donors (Lipinski definition) is 5. The van der Waals surface area contributed by atoms with E-state index in [1.54, 1.807) is 50.1 Å². The SMILES string of the molecule is CSNC(=O)c1ccc(CC2CN(CC(=O)O)CCN(CC(=O)O)CCN(CC(=O)O)CCN2CC(=O)O)cc1. The van der Waals surface area contributed by atoms with Gasteiger partial charge in [-0.2, -0.15) is 0 Å². The van der Waals surface area contributed by atoms with Crippen LogP contribution in [-0.2, 0) is 25.6 Å². The first-order valence-electron chi connectivity index (χ1n) is 12.7. The van der Waals surface area contributed by atoms with Gasteiger partial charge in [-0.05, 0) is 24.1 Å². The maximum atomic E-state index is 12.1. The zero-order chi connectivity index (χ0) is 29.7. The molecule has 0 saturated carbocycles. The largest absolute Gasteiger partial charge is 0.480 e. The van der Waals surface area contributed by atoms with Crippen LogP contribution in [0.2, 0.25) is 0 Å². The molecule has 14 nitrogen and oxygen atoms in total. The lowest BCUT2D eigenvalue weighted by Gasteiger charge is -2.37. The molecule has 222 valence electrons. The normalized spacial score (nSPS) is 18.8. The number of carbonyl (C=O) groups is 5. The number of carbonyl (C=O) groups excluding carboxylic acids is 1. The lowest BCUT2D eigenvalue weighted by atomic mass is 10.0. The number of rotatable bonds is 12. The van der Waals surface area contributed by atoms with Gasteiger partial charge in [0.15, 0.2) is 0 Å². The summed E-state index contributed by atoms with van der Waals surface area (Å²) in [6.07, 6.45) is 2.07. The van der Waals surface area contributed by atoms with Crippen molar-refractivity contribution in [2.24, 2.45) is 0 Å². The first-order valence-corrected chi connectivity index (χ1v) is 13.9. The molecule has 1 saturated heterocycles. The Balaban J connectivity index is 2.40. The number of carboxylic acids is 4. The molecule has 0 aliphatic carbocycles. The molecule has 40 heavy (non-hydrogen) atoms. The minimum Gasteiger partial charge on any atom is -0.480 e. The fourth-order valence-electron chi connectivity index (χ4n) is 4.57. The second-order valence-corrected chi connectivity index (χ2v) is 10.1. The van der Waals surface area contributed by atoms with Crippen molar-refractivity contribution >= 4 is 41.7 Å². The summed E-state index contributed by atoms with van der Waals surface area (Å²) in [7, 11) is 0. The minimum atomic E-state index is -1.08. The van der Waals surface area contributed by atoms with Crippen LogP contribution < -0.4 is 4.72 Å². The third-order valence-electron chi connectivity index (χ3n) is 6.45. The Bertz CT molecular complexity index is 1030. The van der Waals surface area contributed by atoms with Crippen LogP contribution in [0.25, 0.3) is 0 Å². The van der Waals surface area contributed by atoms with E-state index in [2.05, 4.69) is 4.72 Å². The summed E-state index contributed by atoms with van der Waals surface area (Å²) >= 11 is 1.17. The highest BCUT2D eigenvalue weighted by Gasteiger charge is 2.27. The van der Waals surface area contributed by atoms with E-state index >= 15 is 0 Å². The van der Waals surface area contributed by atoms with E-state index in [0.29, 0.717) is 12.0 Å². The van der Waals surface area contributed by atoms with E-state index in [1.807, 2.05) is 0 Å². The van der Waals surface area contributed by atoms with Crippen molar-refractivity contribution in [3.63, 3.8) is 0 Å². The summed E-state index contributed by atoms with van der Waals surface area (Å²) in [5.41, 5.74) is 1.26. The van der Waals surface area contributed by atoms with Gasteiger partial charge in [-0.3, -0.25) is 48.3 Å². The second kappa shape index (κ2) is 16.8. The van der Waals surface area contributed by atoms with Crippen LogP contribution in [0.1, 0.15) is 15.9 Å². The summed E-state index contributed by atoms with van der Waals surface area (Å²) in [6.45, 7) is 0.265.